The van der Waals surface area contributed by atoms with Crippen LogP contribution in [0, 0.1) is 0 Å². The molecule has 6 nitrogen and oxygen atoms in total. The number of amides is 1. The summed E-state index contributed by atoms with van der Waals surface area (Å²) in [5.41, 5.74) is 0. The minimum Gasteiger partial charge on any atom is -0.466 e. The molecule has 0 bridgehead atoms. The van der Waals surface area contributed by atoms with E-state index in [1.165, 1.54) is 167 Å². The maximum absolute atomic E-state index is 12.4. The van der Waals surface area contributed by atoms with Crippen molar-refractivity contribution in [2.24, 2.45) is 0 Å². The van der Waals surface area contributed by atoms with Gasteiger partial charge in [0.25, 0.3) is 0 Å². The predicted molar refractivity (Wildman–Crippen MR) is 259 cm³/mol. The topological polar surface area (TPSA) is 95.9 Å². The van der Waals surface area contributed by atoms with Crippen LogP contribution in [0.15, 0.2) is 36.5 Å². The van der Waals surface area contributed by atoms with Crippen LogP contribution in [0.1, 0.15) is 271 Å². The molecule has 0 saturated heterocycles. The van der Waals surface area contributed by atoms with Crippen LogP contribution in [0.5, 0.6) is 0 Å². The lowest BCUT2D eigenvalue weighted by Crippen LogP contribution is -2.45. The fraction of sp³-hybridized carbons (Fsp3) is 0.852. The fourth-order valence-electron chi connectivity index (χ4n) is 7.86. The molecule has 60 heavy (non-hydrogen) atoms. The monoisotopic (exact) mass is 844 g/mol. The van der Waals surface area contributed by atoms with Crippen LogP contribution in [0.2, 0.25) is 0 Å². The molecule has 0 rings (SSSR count). The van der Waals surface area contributed by atoms with E-state index in [4.69, 9.17) is 4.74 Å². The van der Waals surface area contributed by atoms with E-state index in [-0.39, 0.29) is 18.5 Å². The SMILES string of the molecule is CCCCCCCCCCCCC/C=C/C(O)C(CO)NC(=O)CCCCCCCCCCCC/C=C\C=C/CCCCCOC(=O)CCCCCCCCCCCCC. The molecule has 0 fully saturated rings. The van der Waals surface area contributed by atoms with Gasteiger partial charge in [0.15, 0.2) is 0 Å². The zero-order chi connectivity index (χ0) is 43.7. The van der Waals surface area contributed by atoms with Gasteiger partial charge in [0.2, 0.25) is 5.91 Å². The van der Waals surface area contributed by atoms with Crippen LogP contribution in [0.3, 0.4) is 0 Å². The van der Waals surface area contributed by atoms with E-state index in [2.05, 4.69) is 43.5 Å². The highest BCUT2D eigenvalue weighted by Crippen LogP contribution is 2.15. The first-order chi connectivity index (χ1) is 29.5. The summed E-state index contributed by atoms with van der Waals surface area (Å²) in [7, 11) is 0. The normalized spacial score (nSPS) is 12.9. The van der Waals surface area contributed by atoms with Crippen LogP contribution >= 0.6 is 0 Å². The number of esters is 1. The van der Waals surface area contributed by atoms with Crippen molar-refractivity contribution >= 4 is 11.9 Å². The Morgan fingerprint density at radius 2 is 0.817 bits per heavy atom. The van der Waals surface area contributed by atoms with E-state index in [9.17, 15) is 19.8 Å². The number of nitrogens with one attached hydrogen (secondary N) is 1. The molecule has 0 aliphatic rings. The van der Waals surface area contributed by atoms with Gasteiger partial charge in [0.05, 0.1) is 25.4 Å². The molecule has 0 aromatic carbocycles. The summed E-state index contributed by atoms with van der Waals surface area (Å²) in [5, 5.41) is 23.0. The number of ether oxygens (including phenoxy) is 1. The van der Waals surface area contributed by atoms with E-state index in [0.717, 1.165) is 77.0 Å². The van der Waals surface area contributed by atoms with Crippen molar-refractivity contribution in [1.82, 2.24) is 5.32 Å². The summed E-state index contributed by atoms with van der Waals surface area (Å²) < 4.78 is 5.43. The van der Waals surface area contributed by atoms with Crippen LogP contribution in [-0.4, -0.2) is 47.4 Å². The third kappa shape index (κ3) is 45.6. The molecule has 0 aliphatic heterocycles. The maximum atomic E-state index is 12.4. The van der Waals surface area contributed by atoms with Gasteiger partial charge in [-0.3, -0.25) is 9.59 Å². The minimum atomic E-state index is -0.850. The van der Waals surface area contributed by atoms with Gasteiger partial charge in [0, 0.05) is 12.8 Å². The number of aliphatic hydroxyl groups excluding tert-OH is 2. The molecule has 0 spiro atoms. The van der Waals surface area contributed by atoms with Gasteiger partial charge >= 0.3 is 5.97 Å². The Kier molecular flexibility index (Phi) is 48.1. The van der Waals surface area contributed by atoms with Gasteiger partial charge in [-0.15, -0.1) is 0 Å². The van der Waals surface area contributed by atoms with Crippen LogP contribution in [-0.2, 0) is 14.3 Å². The average Bonchev–Trinajstić information content (AvgIpc) is 3.25. The highest BCUT2D eigenvalue weighted by Gasteiger charge is 2.18. The number of hydrogen-bond donors (Lipinski definition) is 3. The number of hydrogen-bond acceptors (Lipinski definition) is 5. The van der Waals surface area contributed by atoms with Crippen molar-refractivity contribution in [3.8, 4) is 0 Å². The molecule has 6 heteroatoms. The Hall–Kier alpha value is -1.92. The number of allylic oxidation sites excluding steroid dienone is 5. The average molecular weight is 844 g/mol. The Morgan fingerprint density at radius 1 is 0.467 bits per heavy atom. The van der Waals surface area contributed by atoms with Crippen molar-refractivity contribution in [2.45, 2.75) is 283 Å². The van der Waals surface area contributed by atoms with Gasteiger partial charge < -0.3 is 20.3 Å². The Bertz CT molecular complexity index is 977. The molecular formula is C54H101NO5. The molecule has 0 aromatic rings. The number of unbranched alkanes of at least 4 members (excludes halogenated alkanes) is 34. The van der Waals surface area contributed by atoms with E-state index in [1.807, 2.05) is 6.08 Å². The zero-order valence-electron chi connectivity index (χ0n) is 39.9. The summed E-state index contributed by atoms with van der Waals surface area (Å²) >= 11 is 0. The smallest absolute Gasteiger partial charge is 0.305 e. The summed E-state index contributed by atoms with van der Waals surface area (Å²) in [4.78, 5) is 24.4. The third-order valence-corrected chi connectivity index (χ3v) is 11.9. The van der Waals surface area contributed by atoms with E-state index in [1.54, 1.807) is 6.08 Å². The lowest BCUT2D eigenvalue weighted by molar-refractivity contribution is -0.143. The van der Waals surface area contributed by atoms with Gasteiger partial charge in [-0.2, -0.15) is 0 Å². The Labute approximate surface area is 373 Å². The fourth-order valence-corrected chi connectivity index (χ4v) is 7.86. The van der Waals surface area contributed by atoms with Crippen molar-refractivity contribution in [3.63, 3.8) is 0 Å². The van der Waals surface area contributed by atoms with Crippen molar-refractivity contribution < 1.29 is 24.5 Å². The first-order valence-electron chi connectivity index (χ1n) is 26.3. The Morgan fingerprint density at radius 3 is 1.23 bits per heavy atom. The highest BCUT2D eigenvalue weighted by molar-refractivity contribution is 5.76. The molecule has 0 saturated carbocycles. The van der Waals surface area contributed by atoms with Crippen molar-refractivity contribution in [1.29, 1.82) is 0 Å². The van der Waals surface area contributed by atoms with Crippen LogP contribution in [0.4, 0.5) is 0 Å². The van der Waals surface area contributed by atoms with Gasteiger partial charge in [-0.05, 0) is 64.2 Å². The molecule has 0 aromatic heterocycles. The summed E-state index contributed by atoms with van der Waals surface area (Å²) in [6.07, 6.45) is 60.1. The van der Waals surface area contributed by atoms with E-state index >= 15 is 0 Å². The summed E-state index contributed by atoms with van der Waals surface area (Å²) in [5.74, 6) is -0.0937. The second-order valence-corrected chi connectivity index (χ2v) is 17.9. The lowest BCUT2D eigenvalue weighted by Gasteiger charge is -2.20. The first kappa shape index (κ1) is 58.1. The molecule has 2 unspecified atom stereocenters. The second-order valence-electron chi connectivity index (χ2n) is 17.9. The number of aliphatic hydroxyl groups is 2. The second kappa shape index (κ2) is 49.7. The first-order valence-corrected chi connectivity index (χ1v) is 26.3. The minimum absolute atomic E-state index is 0.0151. The number of carbonyl (C=O) groups excluding carboxylic acids is 2. The van der Waals surface area contributed by atoms with Gasteiger partial charge in [-0.1, -0.05) is 230 Å². The van der Waals surface area contributed by atoms with Crippen molar-refractivity contribution in [2.75, 3.05) is 13.2 Å². The van der Waals surface area contributed by atoms with Crippen LogP contribution < -0.4 is 5.32 Å². The quantitative estimate of drug-likeness (QED) is 0.0245. The standard InChI is InChI=1S/C54H101NO5/c1-3-5-7-9-11-13-15-23-27-30-34-38-42-46-52(57)51(50-56)55-53(58)47-43-39-35-31-28-24-21-19-17-16-18-20-22-25-29-33-37-41-45-49-60-54(59)48-44-40-36-32-26-14-12-10-8-6-4-2/h20,22,25,29,42,46,51-52,56-57H,3-19,21,23-24,26-28,30-41,43-45,47-50H2,1-2H3,(H,55,58)/b22-20-,29-25-,46-42+. The molecule has 0 aliphatic carbocycles. The van der Waals surface area contributed by atoms with E-state index in [0.29, 0.717) is 19.4 Å². The Balaban J connectivity index is 3.52. The van der Waals surface area contributed by atoms with Gasteiger partial charge in [-0.25, -0.2) is 0 Å². The van der Waals surface area contributed by atoms with Gasteiger partial charge in [0.1, 0.15) is 0 Å². The lowest BCUT2D eigenvalue weighted by atomic mass is 10.0. The molecule has 1 amide bonds. The van der Waals surface area contributed by atoms with Crippen molar-refractivity contribution in [3.05, 3.63) is 36.5 Å². The number of rotatable bonds is 48. The predicted octanol–water partition coefficient (Wildman–Crippen LogP) is 15.7. The van der Waals surface area contributed by atoms with Crippen LogP contribution in [0.25, 0.3) is 0 Å². The molecule has 352 valence electrons. The van der Waals surface area contributed by atoms with E-state index < -0.39 is 12.1 Å². The summed E-state index contributed by atoms with van der Waals surface area (Å²) in [6, 6.07) is -0.634. The maximum Gasteiger partial charge on any atom is 0.305 e. The zero-order valence-corrected chi connectivity index (χ0v) is 39.9. The highest BCUT2D eigenvalue weighted by atomic mass is 16.5. The largest absolute Gasteiger partial charge is 0.466 e. The summed E-state index contributed by atoms with van der Waals surface area (Å²) in [6.45, 7) is 4.85. The number of carbonyl (C=O) groups is 2. The molecular weight excluding hydrogens is 743 g/mol. The molecule has 2 atom stereocenters. The third-order valence-electron chi connectivity index (χ3n) is 11.9. The molecule has 0 heterocycles. The molecule has 0 radical (unpaired) electrons. The molecule has 3 N–H and O–H groups in total.